The Hall–Kier alpha value is -0.950. The van der Waals surface area contributed by atoms with E-state index in [1.807, 2.05) is 13.1 Å². The summed E-state index contributed by atoms with van der Waals surface area (Å²) in [6.45, 7) is 7.73. The van der Waals surface area contributed by atoms with Gasteiger partial charge < -0.3 is 15.0 Å². The summed E-state index contributed by atoms with van der Waals surface area (Å²) in [4.78, 5) is 9.79. The predicted octanol–water partition coefficient (Wildman–Crippen LogP) is 1.69. The van der Waals surface area contributed by atoms with E-state index in [-0.39, 0.29) is 24.0 Å². The molecule has 0 aromatic heterocycles. The van der Waals surface area contributed by atoms with E-state index < -0.39 is 10.0 Å². The molecule has 4 rings (SSSR count). The number of hydrogen-bond donors (Lipinski definition) is 1. The number of sulfonamides is 1. The molecule has 0 radical (unpaired) electrons. The van der Waals surface area contributed by atoms with E-state index in [0.717, 1.165) is 71.2 Å². The summed E-state index contributed by atoms with van der Waals surface area (Å²) in [5.41, 5.74) is 0. The Labute approximate surface area is 209 Å². The van der Waals surface area contributed by atoms with Crippen LogP contribution in [0.5, 0.6) is 0 Å². The molecule has 3 saturated heterocycles. The number of likely N-dealkylation sites (tertiary alicyclic amines) is 1. The average molecular weight is 578 g/mol. The molecular formula is C22H36IN5O3S. The highest BCUT2D eigenvalue weighted by atomic mass is 127. The molecule has 0 spiro atoms. The molecule has 32 heavy (non-hydrogen) atoms. The number of halogens is 1. The van der Waals surface area contributed by atoms with Gasteiger partial charge in [-0.05, 0) is 37.3 Å². The van der Waals surface area contributed by atoms with Gasteiger partial charge in [-0.3, -0.25) is 9.89 Å². The number of piperidine rings is 1. The van der Waals surface area contributed by atoms with Gasteiger partial charge in [0.15, 0.2) is 5.96 Å². The Morgan fingerprint density at radius 2 is 1.75 bits per heavy atom. The van der Waals surface area contributed by atoms with Crippen molar-refractivity contribution >= 4 is 40.0 Å². The SMILES string of the molecule is CN=C(NCC1CCN(S(=O)(=O)c2ccccc2)CC1)N1CCC(N2CCOCC2)C1.I. The number of nitrogens with zero attached hydrogens (tertiary/aromatic N) is 4. The van der Waals surface area contributed by atoms with Crippen LogP contribution in [0.1, 0.15) is 19.3 Å². The van der Waals surface area contributed by atoms with Gasteiger partial charge in [0.05, 0.1) is 18.1 Å². The number of morpholine rings is 1. The van der Waals surface area contributed by atoms with Crippen LogP contribution in [0, 0.1) is 5.92 Å². The largest absolute Gasteiger partial charge is 0.379 e. The van der Waals surface area contributed by atoms with Crippen LogP contribution in [-0.2, 0) is 14.8 Å². The van der Waals surface area contributed by atoms with E-state index in [4.69, 9.17) is 4.74 Å². The lowest BCUT2D eigenvalue weighted by atomic mass is 9.98. The number of rotatable bonds is 5. The maximum atomic E-state index is 12.8. The van der Waals surface area contributed by atoms with Gasteiger partial charge >= 0.3 is 0 Å². The van der Waals surface area contributed by atoms with Crippen LogP contribution in [0.25, 0.3) is 0 Å². The number of guanidine groups is 1. The molecule has 0 bridgehead atoms. The van der Waals surface area contributed by atoms with E-state index in [1.54, 1.807) is 28.6 Å². The zero-order valence-corrected chi connectivity index (χ0v) is 22.0. The van der Waals surface area contributed by atoms with E-state index in [9.17, 15) is 8.42 Å². The standard InChI is InChI=1S/C22H35N5O3S.HI/c1-23-22(26-10-9-20(18-26)25-13-15-30-16-14-25)24-17-19-7-11-27(12-8-19)31(28,29)21-5-3-2-4-6-21;/h2-6,19-20H,7-18H2,1H3,(H,23,24);1H. The first kappa shape index (κ1) is 25.7. The Morgan fingerprint density at radius 1 is 1.06 bits per heavy atom. The molecule has 0 amide bonds. The van der Waals surface area contributed by atoms with Crippen LogP contribution >= 0.6 is 24.0 Å². The summed E-state index contributed by atoms with van der Waals surface area (Å²) in [7, 11) is -1.54. The highest BCUT2D eigenvalue weighted by Crippen LogP contribution is 2.23. The highest BCUT2D eigenvalue weighted by Gasteiger charge is 2.32. The maximum absolute atomic E-state index is 12.8. The minimum atomic E-state index is -3.38. The average Bonchev–Trinajstić information content (AvgIpc) is 3.31. The molecule has 3 heterocycles. The first-order chi connectivity index (χ1) is 15.1. The van der Waals surface area contributed by atoms with Gasteiger partial charge in [0, 0.05) is 58.9 Å². The second-order valence-electron chi connectivity index (χ2n) is 8.63. The minimum Gasteiger partial charge on any atom is -0.379 e. The molecule has 1 atom stereocenters. The lowest BCUT2D eigenvalue weighted by Gasteiger charge is -2.33. The van der Waals surface area contributed by atoms with Crippen molar-refractivity contribution < 1.29 is 13.2 Å². The van der Waals surface area contributed by atoms with Crippen LogP contribution in [-0.4, -0.2) is 101 Å². The van der Waals surface area contributed by atoms with Gasteiger partial charge in [-0.25, -0.2) is 8.42 Å². The lowest BCUT2D eigenvalue weighted by molar-refractivity contribution is 0.0195. The fourth-order valence-corrected chi connectivity index (χ4v) is 6.33. The van der Waals surface area contributed by atoms with Crippen molar-refractivity contribution in [3.63, 3.8) is 0 Å². The molecule has 1 N–H and O–H groups in total. The van der Waals surface area contributed by atoms with Gasteiger partial charge in [0.1, 0.15) is 0 Å². The van der Waals surface area contributed by atoms with Crippen molar-refractivity contribution in [2.45, 2.75) is 30.2 Å². The van der Waals surface area contributed by atoms with Gasteiger partial charge in [-0.1, -0.05) is 18.2 Å². The third kappa shape index (κ3) is 6.13. The smallest absolute Gasteiger partial charge is 0.243 e. The molecule has 0 aliphatic carbocycles. The molecule has 10 heteroatoms. The summed E-state index contributed by atoms with van der Waals surface area (Å²) in [6, 6.07) is 9.32. The molecule has 3 fully saturated rings. The second-order valence-corrected chi connectivity index (χ2v) is 10.6. The predicted molar refractivity (Wildman–Crippen MR) is 137 cm³/mol. The first-order valence-electron chi connectivity index (χ1n) is 11.4. The van der Waals surface area contributed by atoms with Crippen molar-refractivity contribution in [1.82, 2.24) is 19.4 Å². The summed E-state index contributed by atoms with van der Waals surface area (Å²) >= 11 is 0. The molecule has 1 unspecified atom stereocenters. The van der Waals surface area contributed by atoms with Crippen molar-refractivity contribution in [3.8, 4) is 0 Å². The molecule has 1 aromatic carbocycles. The second kappa shape index (κ2) is 12.0. The van der Waals surface area contributed by atoms with Crippen molar-refractivity contribution in [1.29, 1.82) is 0 Å². The highest BCUT2D eigenvalue weighted by molar-refractivity contribution is 14.0. The van der Waals surface area contributed by atoms with Gasteiger partial charge in [0.25, 0.3) is 0 Å². The summed E-state index contributed by atoms with van der Waals surface area (Å²) in [5.74, 6) is 1.42. The van der Waals surface area contributed by atoms with Crippen LogP contribution in [0.15, 0.2) is 40.2 Å². The Kier molecular flexibility index (Phi) is 9.59. The zero-order chi connectivity index (χ0) is 21.7. The number of benzene rings is 1. The Bertz CT molecular complexity index is 840. The lowest BCUT2D eigenvalue weighted by Crippen LogP contribution is -2.48. The van der Waals surface area contributed by atoms with Crippen molar-refractivity contribution in [3.05, 3.63) is 30.3 Å². The molecule has 3 aliphatic rings. The van der Waals surface area contributed by atoms with Crippen molar-refractivity contribution in [2.75, 3.05) is 66.1 Å². The van der Waals surface area contributed by atoms with E-state index >= 15 is 0 Å². The van der Waals surface area contributed by atoms with Crippen LogP contribution < -0.4 is 5.32 Å². The monoisotopic (exact) mass is 577 g/mol. The number of aliphatic imine (C=N–C) groups is 1. The molecule has 8 nitrogen and oxygen atoms in total. The van der Waals surface area contributed by atoms with E-state index in [2.05, 4.69) is 20.1 Å². The van der Waals surface area contributed by atoms with Crippen LogP contribution in [0.3, 0.4) is 0 Å². The maximum Gasteiger partial charge on any atom is 0.243 e. The topological polar surface area (TPSA) is 77.5 Å². The summed E-state index contributed by atoms with van der Waals surface area (Å²) < 4.78 is 32.7. The van der Waals surface area contributed by atoms with E-state index in [1.165, 1.54) is 0 Å². The quantitative estimate of drug-likeness (QED) is 0.326. The van der Waals surface area contributed by atoms with Crippen LogP contribution in [0.4, 0.5) is 0 Å². The normalized spacial score (nSPS) is 24.3. The summed E-state index contributed by atoms with van der Waals surface area (Å²) in [5, 5.41) is 3.55. The van der Waals surface area contributed by atoms with Crippen molar-refractivity contribution in [2.24, 2.45) is 10.9 Å². The van der Waals surface area contributed by atoms with Gasteiger partial charge in [-0.15, -0.1) is 24.0 Å². The fraction of sp³-hybridized carbons (Fsp3) is 0.682. The minimum absolute atomic E-state index is 0. The number of hydrogen-bond acceptors (Lipinski definition) is 5. The van der Waals surface area contributed by atoms with Crippen LogP contribution in [0.2, 0.25) is 0 Å². The zero-order valence-electron chi connectivity index (χ0n) is 18.9. The number of nitrogens with one attached hydrogen (secondary N) is 1. The summed E-state index contributed by atoms with van der Waals surface area (Å²) in [6.07, 6.45) is 2.90. The number of ether oxygens (including phenoxy) is 1. The Morgan fingerprint density at radius 3 is 2.41 bits per heavy atom. The molecular weight excluding hydrogens is 541 g/mol. The Balaban J connectivity index is 0.00000289. The third-order valence-electron chi connectivity index (χ3n) is 6.74. The molecule has 180 valence electrons. The third-order valence-corrected chi connectivity index (χ3v) is 8.65. The van der Waals surface area contributed by atoms with Gasteiger partial charge in [-0.2, -0.15) is 4.31 Å². The molecule has 1 aromatic rings. The van der Waals surface area contributed by atoms with E-state index in [0.29, 0.717) is 29.9 Å². The molecule has 0 saturated carbocycles. The molecule has 3 aliphatic heterocycles. The fourth-order valence-electron chi connectivity index (χ4n) is 4.84. The van der Waals surface area contributed by atoms with Gasteiger partial charge in [0.2, 0.25) is 10.0 Å². The first-order valence-corrected chi connectivity index (χ1v) is 12.8.